The summed E-state index contributed by atoms with van der Waals surface area (Å²) in [6.07, 6.45) is 2.06. The number of nitrogens with zero attached hydrogens (tertiary/aromatic N) is 5. The van der Waals surface area contributed by atoms with Gasteiger partial charge in [0.25, 0.3) is 5.56 Å². The van der Waals surface area contributed by atoms with Crippen LogP contribution in [0.4, 0.5) is 0 Å². The maximum Gasteiger partial charge on any atom is 0.343 e. The van der Waals surface area contributed by atoms with Crippen LogP contribution in [0.25, 0.3) is 27.7 Å². The third kappa shape index (κ3) is 6.63. The topological polar surface area (TPSA) is 306 Å². The fourth-order valence-electron chi connectivity index (χ4n) is 4.82. The number of carboxylic acids is 2. The summed E-state index contributed by atoms with van der Waals surface area (Å²) >= 11 is 0. The summed E-state index contributed by atoms with van der Waals surface area (Å²) in [6.45, 7) is 0.210. The number of benzene rings is 1. The third-order valence-corrected chi connectivity index (χ3v) is 7.12. The molecule has 0 radical (unpaired) electrons. The zero-order valence-electron chi connectivity index (χ0n) is 25.0. The number of carbonyl (C=O) groups is 4. The molecule has 0 spiro atoms. The first-order chi connectivity index (χ1) is 23.2. The largest absolute Gasteiger partial charge is 0.504 e. The molecule has 20 heteroatoms. The monoisotopic (exact) mass is 680 g/mol. The Labute approximate surface area is 270 Å². The van der Waals surface area contributed by atoms with Crippen LogP contribution in [0.15, 0.2) is 44.8 Å². The van der Waals surface area contributed by atoms with Crippen LogP contribution < -0.4 is 16.3 Å². The number of pyridine rings is 1. The number of amides is 1. The lowest BCUT2D eigenvalue weighted by Gasteiger charge is -2.13. The smallest absolute Gasteiger partial charge is 0.343 e. The van der Waals surface area contributed by atoms with Crippen LogP contribution in [0, 0.1) is 6.92 Å². The van der Waals surface area contributed by atoms with Gasteiger partial charge >= 0.3 is 17.9 Å². The number of hydrogen-bond acceptors (Lipinski definition) is 15. The molecule has 0 aliphatic carbocycles. The number of fused-ring (bicyclic) bond motifs is 2. The van der Waals surface area contributed by atoms with Crippen LogP contribution in [-0.2, 0) is 32.3 Å². The first kappa shape index (κ1) is 33.4. The number of aromatic nitrogens is 5. The molecular weight excluding hydrogens is 656 g/mol. The number of phenols is 2. The molecule has 20 nitrogen and oxygen atoms in total. The highest BCUT2D eigenvalue weighted by Crippen LogP contribution is 2.36. The lowest BCUT2D eigenvalue weighted by atomic mass is 10.0. The summed E-state index contributed by atoms with van der Waals surface area (Å²) < 4.78 is 12.5. The molecular formula is C29H24N6O14. The molecule has 1 aromatic carbocycles. The van der Waals surface area contributed by atoms with Crippen LogP contribution in [0.2, 0.25) is 0 Å². The van der Waals surface area contributed by atoms with E-state index in [0.29, 0.717) is 0 Å². The van der Waals surface area contributed by atoms with Crippen molar-refractivity contribution >= 4 is 40.4 Å². The fourth-order valence-corrected chi connectivity index (χ4v) is 4.82. The predicted molar refractivity (Wildman–Crippen MR) is 160 cm³/mol. The lowest BCUT2D eigenvalue weighted by Crippen LogP contribution is -2.42. The number of hydrogen-bond donors (Lipinski definition) is 7. The van der Waals surface area contributed by atoms with E-state index in [9.17, 15) is 54.3 Å². The Morgan fingerprint density at radius 3 is 2.45 bits per heavy atom. The second-order valence-electron chi connectivity index (χ2n) is 10.5. The summed E-state index contributed by atoms with van der Waals surface area (Å²) in [5.41, 5.74) is -3.86. The number of esters is 1. The van der Waals surface area contributed by atoms with Gasteiger partial charge in [-0.25, -0.2) is 19.3 Å². The molecule has 0 fully saturated rings. The van der Waals surface area contributed by atoms with Crippen molar-refractivity contribution in [1.29, 1.82) is 0 Å². The van der Waals surface area contributed by atoms with E-state index in [1.165, 1.54) is 6.92 Å². The predicted octanol–water partition coefficient (Wildman–Crippen LogP) is -0.0186. The molecule has 49 heavy (non-hydrogen) atoms. The van der Waals surface area contributed by atoms with E-state index in [2.05, 4.69) is 20.6 Å². The van der Waals surface area contributed by atoms with Crippen LogP contribution in [0.3, 0.4) is 0 Å². The van der Waals surface area contributed by atoms with E-state index >= 15 is 0 Å². The number of aryl methyl sites for hydroxylation is 1. The molecule has 5 rings (SSSR count). The maximum absolute atomic E-state index is 13.8. The van der Waals surface area contributed by atoms with Crippen LogP contribution >= 0.6 is 0 Å². The highest BCUT2D eigenvalue weighted by atomic mass is 16.5. The van der Waals surface area contributed by atoms with E-state index in [1.54, 1.807) is 0 Å². The Morgan fingerprint density at radius 1 is 1.02 bits per heavy atom. The number of ether oxygens (including phenoxy) is 1. The van der Waals surface area contributed by atoms with E-state index in [0.717, 1.165) is 39.9 Å². The number of rotatable bonds is 11. The van der Waals surface area contributed by atoms with E-state index in [4.69, 9.17) is 14.3 Å². The van der Waals surface area contributed by atoms with Crippen molar-refractivity contribution in [2.45, 2.75) is 39.0 Å². The minimum atomic E-state index is -1.47. The van der Waals surface area contributed by atoms with Gasteiger partial charge in [-0.15, -0.1) is 5.10 Å². The summed E-state index contributed by atoms with van der Waals surface area (Å²) in [7, 11) is 0. The van der Waals surface area contributed by atoms with Gasteiger partial charge in [-0.1, -0.05) is 5.21 Å². The van der Waals surface area contributed by atoms with Crippen molar-refractivity contribution < 1.29 is 59.0 Å². The highest BCUT2D eigenvalue weighted by Gasteiger charge is 2.27. The van der Waals surface area contributed by atoms with E-state index in [1.807, 2.05) is 0 Å². The highest BCUT2D eigenvalue weighted by molar-refractivity contribution is 6.07. The molecule has 4 heterocycles. The maximum atomic E-state index is 13.8. The van der Waals surface area contributed by atoms with Gasteiger partial charge in [-0.05, 0) is 13.3 Å². The summed E-state index contributed by atoms with van der Waals surface area (Å²) in [5, 5.41) is 67.5. The number of carboxylic acid groups (broad SMARTS) is 2. The summed E-state index contributed by atoms with van der Waals surface area (Å²) in [5.74, 6) is -7.97. The zero-order chi connectivity index (χ0) is 35.7. The molecule has 1 amide bonds. The second-order valence-corrected chi connectivity index (χ2v) is 10.5. The first-order valence-corrected chi connectivity index (χ1v) is 13.9. The zero-order valence-corrected chi connectivity index (χ0v) is 25.0. The van der Waals surface area contributed by atoms with Crippen molar-refractivity contribution in [3.05, 3.63) is 68.3 Å². The average Bonchev–Trinajstić information content (AvgIpc) is 3.47. The standard InChI is InChI=1S/C29H24N6O14/c1-11-22(27(44)35-7-17(38)15(36)5-19(35)30-11)13-10-48-18-4-16(37)26(43)24(23(18)25(13)42)29(47)49-9-12-6-34(33-32-12)8-20(39)31-14(28(45)46)2-3-21(40)41/h4-7,10,14,36-38,43H,2-3,8-9H2,1H3,(H,31,39)(H,40,41)(H,45,46). The van der Waals surface area contributed by atoms with Gasteiger partial charge in [-0.3, -0.25) is 23.6 Å². The van der Waals surface area contributed by atoms with Crippen molar-refractivity contribution in [3.63, 3.8) is 0 Å². The van der Waals surface area contributed by atoms with Gasteiger partial charge in [0.1, 0.15) is 47.9 Å². The van der Waals surface area contributed by atoms with Crippen LogP contribution in [-0.4, -0.2) is 84.9 Å². The van der Waals surface area contributed by atoms with Gasteiger partial charge in [0.15, 0.2) is 23.0 Å². The Bertz CT molecular complexity index is 2310. The second kappa shape index (κ2) is 13.0. The van der Waals surface area contributed by atoms with Gasteiger partial charge in [-0.2, -0.15) is 0 Å². The Hall–Kier alpha value is -6.99. The van der Waals surface area contributed by atoms with Gasteiger partial charge in [0.05, 0.1) is 34.6 Å². The molecule has 4 aromatic heterocycles. The lowest BCUT2D eigenvalue weighted by molar-refractivity contribution is -0.143. The molecule has 5 aromatic rings. The van der Waals surface area contributed by atoms with Crippen molar-refractivity contribution in [3.8, 4) is 34.1 Å². The Morgan fingerprint density at radius 2 is 1.76 bits per heavy atom. The average molecular weight is 681 g/mol. The summed E-state index contributed by atoms with van der Waals surface area (Å²) in [6, 6.07) is 0.413. The minimum absolute atomic E-state index is 0.00405. The SMILES string of the molecule is Cc1nc2cc(O)c(O)cn2c(=O)c1-c1coc2cc(O)c(O)c(C(=O)OCc3cn(CC(=O)NC(CCC(=O)O)C(=O)O)nn3)c2c1=O. The Kier molecular flexibility index (Phi) is 8.87. The van der Waals surface area contributed by atoms with Crippen LogP contribution in [0.5, 0.6) is 23.0 Å². The molecule has 254 valence electrons. The number of aromatic hydroxyl groups is 4. The minimum Gasteiger partial charge on any atom is -0.504 e. The van der Waals surface area contributed by atoms with Gasteiger partial charge in [0.2, 0.25) is 11.3 Å². The van der Waals surface area contributed by atoms with Crippen LogP contribution in [0.1, 0.15) is 34.6 Å². The number of phenolic OH excluding ortho intramolecular Hbond substituents is 2. The number of aliphatic carboxylic acids is 2. The molecule has 7 N–H and O–H groups in total. The number of nitrogens with one attached hydrogen (secondary N) is 1. The van der Waals surface area contributed by atoms with Crippen molar-refractivity contribution in [2.24, 2.45) is 0 Å². The summed E-state index contributed by atoms with van der Waals surface area (Å²) in [4.78, 5) is 79.0. The molecule has 0 bridgehead atoms. The van der Waals surface area contributed by atoms with Crippen molar-refractivity contribution in [1.82, 2.24) is 29.7 Å². The normalized spacial score (nSPS) is 11.8. The third-order valence-electron chi connectivity index (χ3n) is 7.12. The first-order valence-electron chi connectivity index (χ1n) is 13.9. The molecule has 1 unspecified atom stereocenters. The quantitative estimate of drug-likeness (QED) is 0.0712. The Balaban J connectivity index is 1.41. The molecule has 1 atom stereocenters. The molecule has 0 aliphatic heterocycles. The van der Waals surface area contributed by atoms with E-state index in [-0.39, 0.29) is 34.6 Å². The molecule has 0 saturated carbocycles. The molecule has 0 aliphatic rings. The number of carbonyl (C=O) groups excluding carboxylic acids is 2. The van der Waals surface area contributed by atoms with Gasteiger partial charge in [0, 0.05) is 18.6 Å². The van der Waals surface area contributed by atoms with E-state index < -0.39 is 99.9 Å². The van der Waals surface area contributed by atoms with Gasteiger partial charge < -0.3 is 45.1 Å². The van der Waals surface area contributed by atoms with Crippen molar-refractivity contribution in [2.75, 3.05) is 0 Å². The fraction of sp³-hybridized carbons (Fsp3) is 0.207. The molecule has 0 saturated heterocycles.